The Morgan fingerprint density at radius 1 is 1.29 bits per heavy atom. The average Bonchev–Trinajstić information content (AvgIpc) is 2.02. The lowest BCUT2D eigenvalue weighted by atomic mass is 10.1. The number of benzene rings is 1. The predicted molar refractivity (Wildman–Crippen MR) is 45.4 cm³/mol. The third-order valence-corrected chi connectivity index (χ3v) is 2.01. The Morgan fingerprint density at radius 3 is 2.29 bits per heavy atom. The van der Waals surface area contributed by atoms with Crippen molar-refractivity contribution in [3.05, 3.63) is 29.1 Å². The number of alkyl halides is 4. The molecular weight excluding hydrogens is 222 g/mol. The van der Waals surface area contributed by atoms with Gasteiger partial charge in [-0.3, -0.25) is 0 Å². The van der Waals surface area contributed by atoms with Gasteiger partial charge in [0.25, 0.3) is 0 Å². The molecule has 6 heteroatoms. The van der Waals surface area contributed by atoms with Crippen LogP contribution >= 0.6 is 11.6 Å². The number of nitrogen functional groups attached to an aromatic ring is 1. The highest BCUT2D eigenvalue weighted by molar-refractivity contribution is 6.17. The second-order valence-electron chi connectivity index (χ2n) is 2.62. The highest BCUT2D eigenvalue weighted by atomic mass is 35.5. The lowest BCUT2D eigenvalue weighted by molar-refractivity contribution is -0.137. The molecule has 1 aromatic carbocycles. The van der Waals surface area contributed by atoms with Gasteiger partial charge in [-0.2, -0.15) is 13.2 Å². The average molecular weight is 228 g/mol. The summed E-state index contributed by atoms with van der Waals surface area (Å²) in [6, 6.07) is 1.30. The van der Waals surface area contributed by atoms with Gasteiger partial charge in [-0.25, -0.2) is 4.39 Å². The molecule has 0 saturated carbocycles. The van der Waals surface area contributed by atoms with Crippen LogP contribution in [0.4, 0.5) is 23.2 Å². The van der Waals surface area contributed by atoms with Crippen LogP contribution in [-0.4, -0.2) is 0 Å². The molecule has 0 bridgehead atoms. The fourth-order valence-corrected chi connectivity index (χ4v) is 1.29. The van der Waals surface area contributed by atoms with E-state index < -0.39 is 23.2 Å². The molecule has 0 radical (unpaired) electrons. The highest BCUT2D eigenvalue weighted by Crippen LogP contribution is 2.36. The first-order chi connectivity index (χ1) is 6.38. The van der Waals surface area contributed by atoms with E-state index in [0.717, 1.165) is 0 Å². The van der Waals surface area contributed by atoms with Crippen LogP contribution in [0.1, 0.15) is 11.1 Å². The zero-order valence-electron chi connectivity index (χ0n) is 6.83. The highest BCUT2D eigenvalue weighted by Gasteiger charge is 2.34. The van der Waals surface area contributed by atoms with Gasteiger partial charge >= 0.3 is 6.18 Å². The minimum absolute atomic E-state index is 0.318. The maximum Gasteiger partial charge on any atom is 0.418 e. The zero-order valence-corrected chi connectivity index (χ0v) is 7.58. The van der Waals surface area contributed by atoms with Crippen molar-refractivity contribution in [1.82, 2.24) is 0 Å². The Bertz CT molecular complexity index is 348. The van der Waals surface area contributed by atoms with E-state index in [0.29, 0.717) is 12.1 Å². The molecule has 1 nitrogen and oxygen atoms in total. The van der Waals surface area contributed by atoms with E-state index >= 15 is 0 Å². The molecule has 0 aliphatic carbocycles. The van der Waals surface area contributed by atoms with Gasteiger partial charge in [0.05, 0.1) is 17.1 Å². The minimum Gasteiger partial charge on any atom is -0.398 e. The number of hydrogen-bond acceptors (Lipinski definition) is 1. The Morgan fingerprint density at radius 2 is 1.86 bits per heavy atom. The number of hydrogen-bond donors (Lipinski definition) is 1. The van der Waals surface area contributed by atoms with E-state index in [-0.39, 0.29) is 11.4 Å². The number of nitrogens with two attached hydrogens (primary N) is 1. The maximum absolute atomic E-state index is 12.9. The standard InChI is InChI=1S/C8H6ClF4N/c9-3-4-6(10)2-1-5(7(4)14)8(11,12)13/h1-2H,3,14H2. The van der Waals surface area contributed by atoms with Crippen molar-refractivity contribution in [3.63, 3.8) is 0 Å². The van der Waals surface area contributed by atoms with Crippen molar-refractivity contribution in [3.8, 4) is 0 Å². The molecule has 0 atom stereocenters. The number of rotatable bonds is 1. The van der Waals surface area contributed by atoms with Gasteiger partial charge in [0.15, 0.2) is 0 Å². The summed E-state index contributed by atoms with van der Waals surface area (Å²) in [6.07, 6.45) is -4.58. The van der Waals surface area contributed by atoms with Gasteiger partial charge in [0.1, 0.15) is 5.82 Å². The summed E-state index contributed by atoms with van der Waals surface area (Å²) < 4.78 is 49.6. The fourth-order valence-electron chi connectivity index (χ4n) is 1.02. The number of halogens is 5. The molecule has 0 aromatic heterocycles. The van der Waals surface area contributed by atoms with Crippen LogP contribution < -0.4 is 5.73 Å². The van der Waals surface area contributed by atoms with E-state index in [1.54, 1.807) is 0 Å². The molecule has 14 heavy (non-hydrogen) atoms. The first-order valence-corrected chi connectivity index (χ1v) is 4.11. The summed E-state index contributed by atoms with van der Waals surface area (Å²) in [7, 11) is 0. The van der Waals surface area contributed by atoms with E-state index in [9.17, 15) is 17.6 Å². The molecule has 0 fully saturated rings. The first-order valence-electron chi connectivity index (χ1n) is 3.58. The van der Waals surface area contributed by atoms with Crippen molar-refractivity contribution in [2.75, 3.05) is 5.73 Å². The third kappa shape index (κ3) is 1.92. The second kappa shape index (κ2) is 3.65. The Balaban J connectivity index is 3.36. The van der Waals surface area contributed by atoms with Crippen molar-refractivity contribution in [2.45, 2.75) is 12.1 Å². The van der Waals surface area contributed by atoms with Crippen LogP contribution in [-0.2, 0) is 12.1 Å². The lowest BCUT2D eigenvalue weighted by Gasteiger charge is -2.12. The Hall–Kier alpha value is -0.970. The van der Waals surface area contributed by atoms with E-state index in [1.807, 2.05) is 0 Å². The van der Waals surface area contributed by atoms with Gasteiger partial charge < -0.3 is 5.73 Å². The third-order valence-electron chi connectivity index (χ3n) is 1.74. The van der Waals surface area contributed by atoms with Crippen molar-refractivity contribution in [2.24, 2.45) is 0 Å². The van der Waals surface area contributed by atoms with Gasteiger partial charge in [0, 0.05) is 5.56 Å². The first kappa shape index (κ1) is 11.1. The SMILES string of the molecule is Nc1c(C(F)(F)F)ccc(F)c1CCl. The molecule has 2 N–H and O–H groups in total. The van der Waals surface area contributed by atoms with Gasteiger partial charge in [0.2, 0.25) is 0 Å². The van der Waals surface area contributed by atoms with E-state index in [2.05, 4.69) is 0 Å². The molecule has 0 aliphatic rings. The molecule has 0 unspecified atom stereocenters. The largest absolute Gasteiger partial charge is 0.418 e. The van der Waals surface area contributed by atoms with Gasteiger partial charge in [-0.1, -0.05) is 0 Å². The zero-order chi connectivity index (χ0) is 10.9. The monoisotopic (exact) mass is 227 g/mol. The fraction of sp³-hybridized carbons (Fsp3) is 0.250. The maximum atomic E-state index is 12.9. The summed E-state index contributed by atoms with van der Waals surface area (Å²) in [6.45, 7) is 0. The summed E-state index contributed by atoms with van der Waals surface area (Å²) in [5.74, 6) is -1.22. The molecule has 0 saturated heterocycles. The van der Waals surface area contributed by atoms with Gasteiger partial charge in [-0.15, -0.1) is 11.6 Å². The quantitative estimate of drug-likeness (QED) is 0.445. The smallest absolute Gasteiger partial charge is 0.398 e. The van der Waals surface area contributed by atoms with Crippen LogP contribution in [0.15, 0.2) is 12.1 Å². The minimum atomic E-state index is -4.58. The summed E-state index contributed by atoms with van der Waals surface area (Å²) >= 11 is 5.27. The van der Waals surface area contributed by atoms with Crippen molar-refractivity contribution in [1.29, 1.82) is 0 Å². The van der Waals surface area contributed by atoms with Crippen LogP contribution in [0.3, 0.4) is 0 Å². The molecule has 1 aromatic rings. The van der Waals surface area contributed by atoms with Crippen molar-refractivity contribution < 1.29 is 17.6 Å². The van der Waals surface area contributed by atoms with Crippen LogP contribution in [0, 0.1) is 5.82 Å². The van der Waals surface area contributed by atoms with E-state index in [1.165, 1.54) is 0 Å². The summed E-state index contributed by atoms with van der Waals surface area (Å²) in [4.78, 5) is 0. The molecule has 0 amide bonds. The topological polar surface area (TPSA) is 26.0 Å². The lowest BCUT2D eigenvalue weighted by Crippen LogP contribution is -2.11. The predicted octanol–water partition coefficient (Wildman–Crippen LogP) is 3.17. The molecule has 0 spiro atoms. The summed E-state index contributed by atoms with van der Waals surface area (Å²) in [5.41, 5.74) is 3.11. The Kier molecular flexibility index (Phi) is 2.89. The molecule has 78 valence electrons. The van der Waals surface area contributed by atoms with Crippen LogP contribution in [0.25, 0.3) is 0 Å². The Labute approximate surface area is 82.5 Å². The van der Waals surface area contributed by atoms with Crippen LogP contribution in [0.5, 0.6) is 0 Å². The summed E-state index contributed by atoms with van der Waals surface area (Å²) in [5, 5.41) is 0. The van der Waals surface area contributed by atoms with Crippen molar-refractivity contribution >= 4 is 17.3 Å². The van der Waals surface area contributed by atoms with Crippen LogP contribution in [0.2, 0.25) is 0 Å². The second-order valence-corrected chi connectivity index (χ2v) is 2.89. The molecule has 0 aliphatic heterocycles. The van der Waals surface area contributed by atoms with Gasteiger partial charge in [-0.05, 0) is 12.1 Å². The molecular formula is C8H6ClF4N. The number of anilines is 1. The molecule has 0 heterocycles. The van der Waals surface area contributed by atoms with E-state index in [4.69, 9.17) is 17.3 Å². The normalized spacial score (nSPS) is 11.8. The molecule has 1 rings (SSSR count).